The maximum absolute atomic E-state index is 6.40. The highest BCUT2D eigenvalue weighted by Gasteiger charge is 2.30. The Labute approximate surface area is 204 Å². The van der Waals surface area contributed by atoms with Crippen molar-refractivity contribution in [3.63, 3.8) is 0 Å². The summed E-state index contributed by atoms with van der Waals surface area (Å²) >= 11 is 0. The molecule has 2 aromatic carbocycles. The smallest absolute Gasteiger partial charge is 0.128 e. The number of piperazine rings is 1. The Morgan fingerprint density at radius 3 is 2.29 bits per heavy atom. The number of ether oxygens (including phenoxy) is 1. The van der Waals surface area contributed by atoms with Gasteiger partial charge in [-0.05, 0) is 83.7 Å². The highest BCUT2D eigenvalue weighted by Crippen LogP contribution is 2.39. The first-order valence-corrected chi connectivity index (χ1v) is 13.0. The lowest BCUT2D eigenvalue weighted by atomic mass is 9.72. The van der Waals surface area contributed by atoms with Crippen molar-refractivity contribution in [2.45, 2.75) is 59.1 Å². The van der Waals surface area contributed by atoms with Gasteiger partial charge < -0.3 is 9.64 Å². The van der Waals surface area contributed by atoms with E-state index in [1.807, 2.05) is 12.3 Å². The summed E-state index contributed by atoms with van der Waals surface area (Å²) in [4.78, 5) is 9.43. The quantitative estimate of drug-likeness (QED) is 0.435. The molecule has 5 rings (SSSR count). The molecule has 4 heteroatoms. The number of hydrogen-bond acceptors (Lipinski definition) is 4. The molecule has 1 saturated heterocycles. The van der Waals surface area contributed by atoms with Crippen LogP contribution in [0.4, 0.5) is 5.82 Å². The number of nitrogens with zero attached hydrogens (tertiary/aromatic N) is 3. The molecule has 0 bridgehead atoms. The Morgan fingerprint density at radius 1 is 0.853 bits per heavy atom. The van der Waals surface area contributed by atoms with Crippen molar-refractivity contribution in [1.82, 2.24) is 9.88 Å². The second-order valence-corrected chi connectivity index (χ2v) is 11.3. The van der Waals surface area contributed by atoms with E-state index in [1.54, 1.807) is 0 Å². The summed E-state index contributed by atoms with van der Waals surface area (Å²) in [5, 5.41) is 2.57. The van der Waals surface area contributed by atoms with Gasteiger partial charge in [0.1, 0.15) is 11.6 Å². The zero-order valence-electron chi connectivity index (χ0n) is 21.0. The Morgan fingerprint density at radius 2 is 1.59 bits per heavy atom. The monoisotopic (exact) mass is 457 g/mol. The maximum atomic E-state index is 6.40. The van der Waals surface area contributed by atoms with Crippen LogP contribution in [0.1, 0.15) is 52.0 Å². The molecule has 0 spiro atoms. The first-order valence-electron chi connectivity index (χ1n) is 13.0. The molecule has 2 aliphatic rings. The van der Waals surface area contributed by atoms with Crippen molar-refractivity contribution in [2.24, 2.45) is 11.3 Å². The van der Waals surface area contributed by atoms with Gasteiger partial charge in [0.25, 0.3) is 0 Å². The number of anilines is 1. The highest BCUT2D eigenvalue weighted by molar-refractivity contribution is 5.84. The minimum atomic E-state index is 0.361. The predicted octanol–water partition coefficient (Wildman–Crippen LogP) is 6.54. The van der Waals surface area contributed by atoms with Crippen molar-refractivity contribution in [1.29, 1.82) is 0 Å². The fourth-order valence-corrected chi connectivity index (χ4v) is 5.62. The summed E-state index contributed by atoms with van der Waals surface area (Å²) in [6, 6.07) is 19.7. The van der Waals surface area contributed by atoms with Crippen LogP contribution < -0.4 is 9.64 Å². The lowest BCUT2D eigenvalue weighted by molar-refractivity contribution is 0.0883. The summed E-state index contributed by atoms with van der Waals surface area (Å²) in [7, 11) is 0. The van der Waals surface area contributed by atoms with Gasteiger partial charge in [-0.1, -0.05) is 45.0 Å². The van der Waals surface area contributed by atoms with Gasteiger partial charge in [-0.3, -0.25) is 4.90 Å². The Bertz CT molecular complexity index is 1080. The molecule has 0 atom stereocenters. The lowest BCUT2D eigenvalue weighted by Crippen LogP contribution is -2.46. The third-order valence-corrected chi connectivity index (χ3v) is 7.83. The fourth-order valence-electron chi connectivity index (χ4n) is 5.62. The van der Waals surface area contributed by atoms with Crippen molar-refractivity contribution in [3.05, 3.63) is 66.4 Å². The minimum absolute atomic E-state index is 0.361. The Hall–Kier alpha value is -2.59. The zero-order valence-corrected chi connectivity index (χ0v) is 21.0. The summed E-state index contributed by atoms with van der Waals surface area (Å²) < 4.78 is 6.40. The molecule has 0 N–H and O–H groups in total. The van der Waals surface area contributed by atoms with Crippen LogP contribution >= 0.6 is 0 Å². The first kappa shape index (κ1) is 23.2. The Kier molecular flexibility index (Phi) is 6.78. The standard InChI is InChI=1S/C30H39N3O/c1-30(2,3)26-10-13-27(14-11-26)34-28-12-9-24-20-23(7-8-25(24)21-28)22-32-16-18-33(19-17-32)29-6-4-5-15-31-29/h4-9,12,15,20-21,26-27H,10-11,13-14,16-19,22H2,1-3H3. The van der Waals surface area contributed by atoms with E-state index in [9.17, 15) is 0 Å². The van der Waals surface area contributed by atoms with Gasteiger partial charge in [0, 0.05) is 38.9 Å². The average molecular weight is 458 g/mol. The van der Waals surface area contributed by atoms with E-state index in [2.05, 4.69) is 84.1 Å². The molecular weight excluding hydrogens is 418 g/mol. The molecule has 1 aliphatic carbocycles. The topological polar surface area (TPSA) is 28.6 Å². The molecule has 2 fully saturated rings. The summed E-state index contributed by atoms with van der Waals surface area (Å²) in [5.41, 5.74) is 1.80. The fraction of sp³-hybridized carbons (Fsp3) is 0.500. The van der Waals surface area contributed by atoms with Crippen LogP contribution in [0.25, 0.3) is 10.8 Å². The second kappa shape index (κ2) is 9.95. The van der Waals surface area contributed by atoms with Crippen molar-refractivity contribution < 1.29 is 4.74 Å². The number of aromatic nitrogens is 1. The second-order valence-electron chi connectivity index (χ2n) is 11.3. The predicted molar refractivity (Wildman–Crippen MR) is 142 cm³/mol. The number of benzene rings is 2. The van der Waals surface area contributed by atoms with E-state index in [0.29, 0.717) is 11.5 Å². The molecule has 34 heavy (non-hydrogen) atoms. The molecule has 2 heterocycles. The van der Waals surface area contributed by atoms with Crippen LogP contribution in [-0.2, 0) is 6.54 Å². The highest BCUT2D eigenvalue weighted by atomic mass is 16.5. The number of pyridine rings is 1. The van der Waals surface area contributed by atoms with E-state index in [-0.39, 0.29) is 0 Å². The van der Waals surface area contributed by atoms with E-state index in [4.69, 9.17) is 4.74 Å². The minimum Gasteiger partial charge on any atom is -0.490 e. The molecule has 3 aromatic rings. The molecular formula is C30H39N3O. The number of hydrogen-bond donors (Lipinski definition) is 0. The lowest BCUT2D eigenvalue weighted by Gasteiger charge is -2.37. The molecule has 0 radical (unpaired) electrons. The molecule has 0 unspecified atom stereocenters. The van der Waals surface area contributed by atoms with Crippen LogP contribution in [0.15, 0.2) is 60.8 Å². The van der Waals surface area contributed by atoms with Gasteiger partial charge in [-0.25, -0.2) is 4.98 Å². The number of fused-ring (bicyclic) bond motifs is 1. The largest absolute Gasteiger partial charge is 0.490 e. The summed E-state index contributed by atoms with van der Waals surface area (Å²) in [5.74, 6) is 2.93. The van der Waals surface area contributed by atoms with Crippen LogP contribution in [0.3, 0.4) is 0 Å². The molecule has 1 aliphatic heterocycles. The Balaban J connectivity index is 1.16. The van der Waals surface area contributed by atoms with Gasteiger partial charge in [0.2, 0.25) is 0 Å². The molecule has 4 nitrogen and oxygen atoms in total. The molecule has 180 valence electrons. The van der Waals surface area contributed by atoms with Crippen LogP contribution in [-0.4, -0.2) is 42.2 Å². The summed E-state index contributed by atoms with van der Waals surface area (Å²) in [6.07, 6.45) is 7.15. The van der Waals surface area contributed by atoms with E-state index < -0.39 is 0 Å². The number of rotatable bonds is 5. The van der Waals surface area contributed by atoms with Gasteiger partial charge in [-0.2, -0.15) is 0 Å². The van der Waals surface area contributed by atoms with Gasteiger partial charge in [0.05, 0.1) is 6.10 Å². The van der Waals surface area contributed by atoms with E-state index >= 15 is 0 Å². The average Bonchev–Trinajstić information content (AvgIpc) is 2.85. The van der Waals surface area contributed by atoms with Crippen molar-refractivity contribution in [3.8, 4) is 5.75 Å². The van der Waals surface area contributed by atoms with Crippen molar-refractivity contribution >= 4 is 16.6 Å². The maximum Gasteiger partial charge on any atom is 0.128 e. The van der Waals surface area contributed by atoms with Gasteiger partial charge in [-0.15, -0.1) is 0 Å². The summed E-state index contributed by atoms with van der Waals surface area (Å²) in [6.45, 7) is 12.3. The molecule has 0 amide bonds. The van der Waals surface area contributed by atoms with E-state index in [1.165, 1.54) is 42.0 Å². The first-order chi connectivity index (χ1) is 16.4. The van der Waals surface area contributed by atoms with Crippen LogP contribution in [0, 0.1) is 11.3 Å². The third kappa shape index (κ3) is 5.55. The normalized spacial score (nSPS) is 22.1. The SMILES string of the molecule is CC(C)(C)C1CCC(Oc2ccc3cc(CN4CCN(c5ccccn5)CC4)ccc3c2)CC1. The van der Waals surface area contributed by atoms with Crippen LogP contribution in [0.2, 0.25) is 0 Å². The zero-order chi connectivity index (χ0) is 23.5. The third-order valence-electron chi connectivity index (χ3n) is 7.83. The van der Waals surface area contributed by atoms with Crippen molar-refractivity contribution in [2.75, 3.05) is 31.1 Å². The van der Waals surface area contributed by atoms with Gasteiger partial charge >= 0.3 is 0 Å². The molecule has 1 aromatic heterocycles. The molecule has 1 saturated carbocycles. The van der Waals surface area contributed by atoms with E-state index in [0.717, 1.165) is 50.2 Å². The van der Waals surface area contributed by atoms with Crippen LogP contribution in [0.5, 0.6) is 5.75 Å². The van der Waals surface area contributed by atoms with Gasteiger partial charge in [0.15, 0.2) is 0 Å².